The number of methoxy groups -OCH3 is 1. The van der Waals surface area contributed by atoms with Crippen LogP contribution in [0.3, 0.4) is 0 Å². The molecule has 0 bridgehead atoms. The van der Waals surface area contributed by atoms with Gasteiger partial charge in [-0.05, 0) is 24.6 Å². The normalized spacial score (nSPS) is 13.0. The molecule has 0 aliphatic heterocycles. The van der Waals surface area contributed by atoms with Gasteiger partial charge < -0.3 is 20.5 Å². The second-order valence-corrected chi connectivity index (χ2v) is 5.18. The molecule has 0 heterocycles. The average Bonchev–Trinajstić information content (AvgIpc) is 2.54. The zero-order chi connectivity index (χ0) is 16.0. The summed E-state index contributed by atoms with van der Waals surface area (Å²) < 4.78 is 5.10. The van der Waals surface area contributed by atoms with Crippen molar-refractivity contribution in [1.82, 2.24) is 5.32 Å². The van der Waals surface area contributed by atoms with Crippen LogP contribution in [0.5, 0.6) is 5.75 Å². The van der Waals surface area contributed by atoms with E-state index in [2.05, 4.69) is 10.6 Å². The van der Waals surface area contributed by atoms with E-state index in [1.165, 1.54) is 0 Å². The van der Waals surface area contributed by atoms with Crippen molar-refractivity contribution in [2.24, 2.45) is 0 Å². The van der Waals surface area contributed by atoms with Crippen LogP contribution in [0.4, 0.5) is 10.5 Å². The molecule has 0 spiro atoms. The van der Waals surface area contributed by atoms with E-state index in [0.29, 0.717) is 11.4 Å². The molecule has 2 amide bonds. The fourth-order valence-corrected chi connectivity index (χ4v) is 2.03. The van der Waals surface area contributed by atoms with E-state index in [1.807, 2.05) is 30.3 Å². The van der Waals surface area contributed by atoms with Crippen LogP contribution in [0.1, 0.15) is 12.5 Å². The van der Waals surface area contributed by atoms with Crippen LogP contribution in [0, 0.1) is 0 Å². The van der Waals surface area contributed by atoms with Crippen molar-refractivity contribution in [3.63, 3.8) is 0 Å². The highest BCUT2D eigenvalue weighted by molar-refractivity contribution is 5.89. The lowest BCUT2D eigenvalue weighted by atomic mass is 9.96. The van der Waals surface area contributed by atoms with Gasteiger partial charge in [0.15, 0.2) is 0 Å². The number of hydrogen-bond acceptors (Lipinski definition) is 3. The largest absolute Gasteiger partial charge is 0.497 e. The summed E-state index contributed by atoms with van der Waals surface area (Å²) >= 11 is 0. The molecule has 2 aromatic rings. The van der Waals surface area contributed by atoms with Crippen molar-refractivity contribution >= 4 is 11.7 Å². The fraction of sp³-hybridized carbons (Fsp3) is 0.235. The molecule has 0 aromatic heterocycles. The summed E-state index contributed by atoms with van der Waals surface area (Å²) in [4.78, 5) is 11.9. The van der Waals surface area contributed by atoms with Gasteiger partial charge in [0.2, 0.25) is 0 Å². The highest BCUT2D eigenvalue weighted by atomic mass is 16.5. The lowest BCUT2D eigenvalue weighted by molar-refractivity contribution is 0.0599. The van der Waals surface area contributed by atoms with E-state index in [4.69, 9.17) is 4.74 Å². The Balaban J connectivity index is 1.92. The van der Waals surface area contributed by atoms with Gasteiger partial charge in [0, 0.05) is 11.8 Å². The average molecular weight is 300 g/mol. The number of nitrogens with one attached hydrogen (secondary N) is 2. The van der Waals surface area contributed by atoms with Crippen LogP contribution >= 0.6 is 0 Å². The number of carbonyl (C=O) groups is 1. The van der Waals surface area contributed by atoms with Gasteiger partial charge in [0.05, 0.1) is 13.7 Å². The van der Waals surface area contributed by atoms with Crippen molar-refractivity contribution in [2.45, 2.75) is 12.5 Å². The number of anilines is 1. The molecule has 0 saturated heterocycles. The molecule has 0 aliphatic rings. The lowest BCUT2D eigenvalue weighted by Crippen LogP contribution is -2.40. The van der Waals surface area contributed by atoms with E-state index in [0.717, 1.165) is 5.56 Å². The highest BCUT2D eigenvalue weighted by Crippen LogP contribution is 2.19. The molecule has 2 rings (SSSR count). The van der Waals surface area contributed by atoms with Gasteiger partial charge in [-0.2, -0.15) is 0 Å². The minimum Gasteiger partial charge on any atom is -0.497 e. The predicted molar refractivity (Wildman–Crippen MR) is 86.0 cm³/mol. The number of hydrogen-bond donors (Lipinski definition) is 3. The maximum Gasteiger partial charge on any atom is 0.319 e. The maximum absolute atomic E-state index is 11.9. The maximum atomic E-state index is 11.9. The summed E-state index contributed by atoms with van der Waals surface area (Å²) in [7, 11) is 1.57. The van der Waals surface area contributed by atoms with Crippen LogP contribution in [0.15, 0.2) is 54.6 Å². The predicted octanol–water partition coefficient (Wildman–Crippen LogP) is 2.72. The molecule has 0 saturated carbocycles. The van der Waals surface area contributed by atoms with Gasteiger partial charge in [0.1, 0.15) is 11.4 Å². The minimum absolute atomic E-state index is 0.104. The third kappa shape index (κ3) is 4.23. The number of rotatable bonds is 5. The summed E-state index contributed by atoms with van der Waals surface area (Å²) in [5.41, 5.74) is 0.236. The van der Waals surface area contributed by atoms with Crippen molar-refractivity contribution in [1.29, 1.82) is 0 Å². The summed E-state index contributed by atoms with van der Waals surface area (Å²) in [6, 6.07) is 15.9. The zero-order valence-electron chi connectivity index (χ0n) is 12.7. The number of ether oxygens (including phenoxy) is 1. The van der Waals surface area contributed by atoms with E-state index >= 15 is 0 Å². The quantitative estimate of drug-likeness (QED) is 0.795. The molecule has 116 valence electrons. The van der Waals surface area contributed by atoms with Crippen molar-refractivity contribution in [3.8, 4) is 5.75 Å². The van der Waals surface area contributed by atoms with Gasteiger partial charge in [-0.1, -0.05) is 36.4 Å². The van der Waals surface area contributed by atoms with E-state index in [1.54, 1.807) is 38.3 Å². The monoisotopic (exact) mass is 300 g/mol. The van der Waals surface area contributed by atoms with Gasteiger partial charge >= 0.3 is 6.03 Å². The van der Waals surface area contributed by atoms with Crippen LogP contribution in [0.2, 0.25) is 0 Å². The third-order valence-corrected chi connectivity index (χ3v) is 3.32. The summed E-state index contributed by atoms with van der Waals surface area (Å²) in [6.07, 6.45) is 0. The first-order valence-electron chi connectivity index (χ1n) is 6.98. The number of benzene rings is 2. The second-order valence-electron chi connectivity index (χ2n) is 5.18. The van der Waals surface area contributed by atoms with Crippen molar-refractivity contribution < 1.29 is 14.6 Å². The first-order valence-corrected chi connectivity index (χ1v) is 6.98. The molecule has 2 aromatic carbocycles. The zero-order valence-corrected chi connectivity index (χ0v) is 12.7. The molecule has 22 heavy (non-hydrogen) atoms. The number of carbonyl (C=O) groups excluding carboxylic acids is 1. The number of amides is 2. The first-order chi connectivity index (χ1) is 10.5. The van der Waals surface area contributed by atoms with Gasteiger partial charge in [0.25, 0.3) is 0 Å². The lowest BCUT2D eigenvalue weighted by Gasteiger charge is -2.24. The molecule has 5 nitrogen and oxygen atoms in total. The Bertz CT molecular complexity index is 627. The van der Waals surface area contributed by atoms with E-state index < -0.39 is 5.60 Å². The Morgan fingerprint density at radius 3 is 2.59 bits per heavy atom. The minimum atomic E-state index is -1.13. The Morgan fingerprint density at radius 2 is 1.91 bits per heavy atom. The molecule has 5 heteroatoms. The Labute approximate surface area is 129 Å². The molecule has 1 atom stereocenters. The molecule has 0 aliphatic carbocycles. The summed E-state index contributed by atoms with van der Waals surface area (Å²) in [6.45, 7) is 1.76. The third-order valence-electron chi connectivity index (χ3n) is 3.32. The van der Waals surface area contributed by atoms with Crippen molar-refractivity contribution in [2.75, 3.05) is 19.0 Å². The standard InChI is InChI=1S/C17H20N2O3/c1-17(21,13-7-4-3-5-8-13)12-18-16(20)19-14-9-6-10-15(11-14)22-2/h3-11,21H,12H2,1-2H3,(H2,18,19,20). The highest BCUT2D eigenvalue weighted by Gasteiger charge is 2.23. The van der Waals surface area contributed by atoms with Crippen molar-refractivity contribution in [3.05, 3.63) is 60.2 Å². The summed E-state index contributed by atoms with van der Waals surface area (Å²) in [5.74, 6) is 0.661. The van der Waals surface area contributed by atoms with Gasteiger partial charge in [-0.3, -0.25) is 0 Å². The molecule has 0 radical (unpaired) electrons. The molecular formula is C17H20N2O3. The van der Waals surface area contributed by atoms with Crippen LogP contribution in [-0.2, 0) is 5.60 Å². The SMILES string of the molecule is COc1cccc(NC(=O)NCC(C)(O)c2ccccc2)c1. The number of urea groups is 1. The smallest absolute Gasteiger partial charge is 0.319 e. The number of aliphatic hydroxyl groups is 1. The van der Waals surface area contributed by atoms with Gasteiger partial charge in [-0.15, -0.1) is 0 Å². The molecule has 3 N–H and O–H groups in total. The first kappa shape index (κ1) is 15.9. The Morgan fingerprint density at radius 1 is 1.18 bits per heavy atom. The molecule has 1 unspecified atom stereocenters. The topological polar surface area (TPSA) is 70.6 Å². The molecular weight excluding hydrogens is 280 g/mol. The van der Waals surface area contributed by atoms with Crippen LogP contribution < -0.4 is 15.4 Å². The summed E-state index contributed by atoms with van der Waals surface area (Å²) in [5, 5.41) is 15.8. The Hall–Kier alpha value is -2.53. The van der Waals surface area contributed by atoms with E-state index in [-0.39, 0.29) is 12.6 Å². The van der Waals surface area contributed by atoms with E-state index in [9.17, 15) is 9.90 Å². The molecule has 0 fully saturated rings. The van der Waals surface area contributed by atoms with Gasteiger partial charge in [-0.25, -0.2) is 4.79 Å². The fourth-order valence-electron chi connectivity index (χ4n) is 2.03. The second kappa shape index (κ2) is 6.95. The van der Waals surface area contributed by atoms with Crippen LogP contribution in [0.25, 0.3) is 0 Å². The van der Waals surface area contributed by atoms with Crippen LogP contribution in [-0.4, -0.2) is 24.8 Å². The Kier molecular flexibility index (Phi) is 5.01.